The number of nitrogens with zero attached hydrogens (tertiary/aromatic N) is 1. The number of rotatable bonds is 2. The van der Waals surface area contributed by atoms with Crippen LogP contribution in [-0.4, -0.2) is 49.7 Å². The number of hydrogen-bond acceptors (Lipinski definition) is 4. The Balaban J connectivity index is 2.06. The molecule has 1 saturated carbocycles. The molecule has 0 aromatic carbocycles. The van der Waals surface area contributed by atoms with E-state index in [-0.39, 0.29) is 11.5 Å². The van der Waals surface area contributed by atoms with Gasteiger partial charge in [0, 0.05) is 19.6 Å². The molecule has 2 aliphatic rings. The van der Waals surface area contributed by atoms with Crippen LogP contribution >= 0.6 is 0 Å². The first-order valence-electron chi connectivity index (χ1n) is 5.84. The average molecular weight is 212 g/mol. The fourth-order valence-corrected chi connectivity index (χ4v) is 2.62. The van der Waals surface area contributed by atoms with Crippen LogP contribution in [0.3, 0.4) is 0 Å². The van der Waals surface area contributed by atoms with Gasteiger partial charge >= 0.3 is 5.97 Å². The minimum Gasteiger partial charge on any atom is -0.468 e. The molecule has 0 bridgehead atoms. The molecule has 0 spiro atoms. The third-order valence-corrected chi connectivity index (χ3v) is 3.69. The summed E-state index contributed by atoms with van der Waals surface area (Å²) in [4.78, 5) is 14.2. The molecule has 0 aromatic heterocycles. The van der Waals surface area contributed by atoms with Crippen LogP contribution in [0, 0.1) is 0 Å². The first kappa shape index (κ1) is 10.9. The highest BCUT2D eigenvalue weighted by Crippen LogP contribution is 2.38. The monoisotopic (exact) mass is 212 g/mol. The molecule has 15 heavy (non-hydrogen) atoms. The van der Waals surface area contributed by atoms with Crippen LogP contribution in [0.2, 0.25) is 0 Å². The van der Waals surface area contributed by atoms with Gasteiger partial charge in [-0.1, -0.05) is 0 Å². The summed E-state index contributed by atoms with van der Waals surface area (Å²) in [6.07, 6.45) is 4.22. The molecule has 1 aliphatic heterocycles. The van der Waals surface area contributed by atoms with E-state index in [1.165, 1.54) is 7.11 Å². The first-order valence-corrected chi connectivity index (χ1v) is 5.84. The second-order valence-electron chi connectivity index (χ2n) is 4.47. The van der Waals surface area contributed by atoms with Crippen LogP contribution in [0.5, 0.6) is 0 Å². The van der Waals surface area contributed by atoms with E-state index >= 15 is 0 Å². The van der Waals surface area contributed by atoms with Crippen LogP contribution < -0.4 is 5.32 Å². The van der Waals surface area contributed by atoms with Crippen molar-refractivity contribution in [3.05, 3.63) is 0 Å². The molecule has 1 saturated heterocycles. The van der Waals surface area contributed by atoms with Gasteiger partial charge in [-0.15, -0.1) is 0 Å². The van der Waals surface area contributed by atoms with Crippen LogP contribution in [0.1, 0.15) is 25.7 Å². The Morgan fingerprint density at radius 3 is 2.67 bits per heavy atom. The fraction of sp³-hybridized carbons (Fsp3) is 0.909. The molecule has 0 amide bonds. The minimum atomic E-state index is -0.277. The molecule has 0 atom stereocenters. The molecule has 1 N–H and O–H groups in total. The summed E-state index contributed by atoms with van der Waals surface area (Å²) >= 11 is 0. The molecule has 4 heteroatoms. The summed E-state index contributed by atoms with van der Waals surface area (Å²) in [7, 11) is 1.50. The van der Waals surface area contributed by atoms with Crippen LogP contribution in [-0.2, 0) is 9.53 Å². The molecular weight excluding hydrogens is 192 g/mol. The molecule has 4 nitrogen and oxygen atoms in total. The molecule has 1 aliphatic carbocycles. The topological polar surface area (TPSA) is 41.6 Å². The maximum atomic E-state index is 11.8. The lowest BCUT2D eigenvalue weighted by molar-refractivity contribution is -0.162. The highest BCUT2D eigenvalue weighted by atomic mass is 16.5. The molecular formula is C11H20N2O2. The van der Waals surface area contributed by atoms with Gasteiger partial charge in [-0.2, -0.15) is 0 Å². The second-order valence-corrected chi connectivity index (χ2v) is 4.47. The van der Waals surface area contributed by atoms with Crippen molar-refractivity contribution in [3.63, 3.8) is 0 Å². The molecule has 2 fully saturated rings. The van der Waals surface area contributed by atoms with Crippen molar-refractivity contribution < 1.29 is 9.53 Å². The van der Waals surface area contributed by atoms with Crippen LogP contribution in [0.25, 0.3) is 0 Å². The molecule has 2 rings (SSSR count). The van der Waals surface area contributed by atoms with E-state index in [4.69, 9.17) is 4.74 Å². The lowest BCUT2D eigenvalue weighted by Crippen LogP contribution is -2.60. The lowest BCUT2D eigenvalue weighted by atomic mass is 9.75. The summed E-state index contributed by atoms with van der Waals surface area (Å²) in [5.74, 6) is -0.0318. The van der Waals surface area contributed by atoms with Gasteiger partial charge in [-0.25, -0.2) is 0 Å². The SMILES string of the molecule is COC(=O)C1(N2CCCNCC2)CCC1. The minimum absolute atomic E-state index is 0.0318. The zero-order valence-electron chi connectivity index (χ0n) is 9.42. The van der Waals surface area contributed by atoms with Crippen molar-refractivity contribution in [2.75, 3.05) is 33.3 Å². The zero-order chi connectivity index (χ0) is 10.7. The third-order valence-electron chi connectivity index (χ3n) is 3.69. The Bertz CT molecular complexity index is 231. The van der Waals surface area contributed by atoms with Crippen LogP contribution in [0.15, 0.2) is 0 Å². The average Bonchev–Trinajstić information content (AvgIpc) is 2.45. The number of esters is 1. The zero-order valence-corrected chi connectivity index (χ0v) is 9.42. The predicted octanol–water partition coefficient (Wildman–Crippen LogP) is 0.377. The Labute approximate surface area is 91.0 Å². The molecule has 0 aromatic rings. The van der Waals surface area contributed by atoms with Gasteiger partial charge in [-0.05, 0) is 32.2 Å². The van der Waals surface area contributed by atoms with Crippen molar-refractivity contribution in [1.29, 1.82) is 0 Å². The third kappa shape index (κ3) is 1.88. The van der Waals surface area contributed by atoms with Gasteiger partial charge in [0.05, 0.1) is 7.11 Å². The van der Waals surface area contributed by atoms with Crippen molar-refractivity contribution in [1.82, 2.24) is 10.2 Å². The Morgan fingerprint density at radius 2 is 2.07 bits per heavy atom. The van der Waals surface area contributed by atoms with E-state index in [0.29, 0.717) is 0 Å². The van der Waals surface area contributed by atoms with E-state index in [2.05, 4.69) is 10.2 Å². The molecule has 1 heterocycles. The number of ether oxygens (including phenoxy) is 1. The van der Waals surface area contributed by atoms with Crippen LogP contribution in [0.4, 0.5) is 0 Å². The van der Waals surface area contributed by atoms with Gasteiger partial charge in [0.2, 0.25) is 0 Å². The lowest BCUT2D eigenvalue weighted by Gasteiger charge is -2.47. The number of methoxy groups -OCH3 is 1. The number of nitrogens with one attached hydrogen (secondary N) is 1. The van der Waals surface area contributed by atoms with Crippen molar-refractivity contribution in [2.45, 2.75) is 31.2 Å². The molecule has 86 valence electrons. The van der Waals surface area contributed by atoms with E-state index in [1.807, 2.05) is 0 Å². The van der Waals surface area contributed by atoms with Gasteiger partial charge in [-0.3, -0.25) is 9.69 Å². The van der Waals surface area contributed by atoms with Gasteiger partial charge < -0.3 is 10.1 Å². The maximum Gasteiger partial charge on any atom is 0.326 e. The highest BCUT2D eigenvalue weighted by molar-refractivity contribution is 5.81. The number of hydrogen-bond donors (Lipinski definition) is 1. The number of carbonyl (C=O) groups excluding carboxylic acids is 1. The standard InChI is InChI=1S/C11H20N2O2/c1-15-10(14)11(4-2-5-11)13-8-3-6-12-7-9-13/h12H,2-9H2,1H3. The fourth-order valence-electron chi connectivity index (χ4n) is 2.62. The Morgan fingerprint density at radius 1 is 1.27 bits per heavy atom. The van der Waals surface area contributed by atoms with Gasteiger partial charge in [0.25, 0.3) is 0 Å². The second kappa shape index (κ2) is 4.49. The maximum absolute atomic E-state index is 11.8. The molecule has 0 radical (unpaired) electrons. The van der Waals surface area contributed by atoms with E-state index in [9.17, 15) is 4.79 Å². The summed E-state index contributed by atoms with van der Waals surface area (Å²) in [6, 6.07) is 0. The van der Waals surface area contributed by atoms with E-state index in [0.717, 1.165) is 51.9 Å². The summed E-state index contributed by atoms with van der Waals surface area (Å²) in [6.45, 7) is 4.03. The highest BCUT2D eigenvalue weighted by Gasteiger charge is 2.49. The summed E-state index contributed by atoms with van der Waals surface area (Å²) in [5, 5.41) is 3.36. The summed E-state index contributed by atoms with van der Waals surface area (Å²) < 4.78 is 4.95. The van der Waals surface area contributed by atoms with Crippen molar-refractivity contribution in [2.24, 2.45) is 0 Å². The normalized spacial score (nSPS) is 26.5. The smallest absolute Gasteiger partial charge is 0.326 e. The van der Waals surface area contributed by atoms with Crippen molar-refractivity contribution >= 4 is 5.97 Å². The predicted molar refractivity (Wildman–Crippen MR) is 57.7 cm³/mol. The molecule has 0 unspecified atom stereocenters. The first-order chi connectivity index (χ1) is 7.29. The van der Waals surface area contributed by atoms with Crippen molar-refractivity contribution in [3.8, 4) is 0 Å². The Hall–Kier alpha value is -0.610. The Kier molecular flexibility index (Phi) is 3.26. The summed E-state index contributed by atoms with van der Waals surface area (Å²) in [5.41, 5.74) is -0.277. The van der Waals surface area contributed by atoms with Gasteiger partial charge in [0.15, 0.2) is 0 Å². The van der Waals surface area contributed by atoms with E-state index < -0.39 is 0 Å². The largest absolute Gasteiger partial charge is 0.468 e. The van der Waals surface area contributed by atoms with E-state index in [1.54, 1.807) is 0 Å². The quantitative estimate of drug-likeness (QED) is 0.672. The number of carbonyl (C=O) groups is 1. The van der Waals surface area contributed by atoms with Gasteiger partial charge in [0.1, 0.15) is 5.54 Å².